The van der Waals surface area contributed by atoms with Crippen LogP contribution in [0.4, 0.5) is 0 Å². The SMILES string of the molecule is CN(Cc1ccccc1)C(=O)[C@@H](Cc1ccc2ccccc2c1)NC(=O)[C@@H]1CCCN1. The second kappa shape index (κ2) is 9.75. The number of amides is 2. The molecule has 1 heterocycles. The molecule has 0 aromatic heterocycles. The van der Waals surface area contributed by atoms with Crippen molar-refractivity contribution >= 4 is 22.6 Å². The highest BCUT2D eigenvalue weighted by molar-refractivity contribution is 5.90. The van der Waals surface area contributed by atoms with E-state index in [0.717, 1.165) is 41.3 Å². The van der Waals surface area contributed by atoms with Gasteiger partial charge >= 0.3 is 0 Å². The van der Waals surface area contributed by atoms with E-state index in [2.05, 4.69) is 34.9 Å². The number of hydrogen-bond donors (Lipinski definition) is 2. The Labute approximate surface area is 183 Å². The molecular weight excluding hydrogens is 386 g/mol. The van der Waals surface area contributed by atoms with Gasteiger partial charge in [-0.3, -0.25) is 9.59 Å². The molecule has 0 unspecified atom stereocenters. The van der Waals surface area contributed by atoms with Gasteiger partial charge in [0.2, 0.25) is 11.8 Å². The summed E-state index contributed by atoms with van der Waals surface area (Å²) in [7, 11) is 1.79. The second-order valence-electron chi connectivity index (χ2n) is 8.28. The molecule has 2 amide bonds. The van der Waals surface area contributed by atoms with Crippen molar-refractivity contribution in [3.8, 4) is 0 Å². The minimum Gasteiger partial charge on any atom is -0.343 e. The summed E-state index contributed by atoms with van der Waals surface area (Å²) >= 11 is 0. The molecule has 4 rings (SSSR count). The average Bonchev–Trinajstić information content (AvgIpc) is 3.34. The van der Waals surface area contributed by atoms with Gasteiger partial charge in [0, 0.05) is 20.0 Å². The Morgan fingerprint density at radius 1 is 1.00 bits per heavy atom. The molecule has 5 heteroatoms. The number of likely N-dealkylation sites (N-methyl/N-ethyl adjacent to an activating group) is 1. The fraction of sp³-hybridized carbons (Fsp3) is 0.308. The summed E-state index contributed by atoms with van der Waals surface area (Å²) in [5.41, 5.74) is 2.09. The monoisotopic (exact) mass is 415 g/mol. The lowest BCUT2D eigenvalue weighted by molar-refractivity contribution is -0.136. The third kappa shape index (κ3) is 5.30. The number of benzene rings is 3. The summed E-state index contributed by atoms with van der Waals surface area (Å²) in [5.74, 6) is -0.173. The Hall–Kier alpha value is -3.18. The zero-order valence-electron chi connectivity index (χ0n) is 17.9. The number of nitrogens with zero attached hydrogens (tertiary/aromatic N) is 1. The maximum Gasteiger partial charge on any atom is 0.245 e. The molecule has 3 aromatic carbocycles. The number of hydrogen-bond acceptors (Lipinski definition) is 3. The maximum absolute atomic E-state index is 13.4. The van der Waals surface area contributed by atoms with Crippen LogP contribution in [0.25, 0.3) is 10.8 Å². The van der Waals surface area contributed by atoms with Crippen LogP contribution in [-0.4, -0.2) is 42.4 Å². The smallest absolute Gasteiger partial charge is 0.245 e. The third-order valence-electron chi connectivity index (χ3n) is 5.88. The molecule has 3 aromatic rings. The van der Waals surface area contributed by atoms with Gasteiger partial charge in [0.05, 0.1) is 6.04 Å². The lowest BCUT2D eigenvalue weighted by atomic mass is 10.0. The highest BCUT2D eigenvalue weighted by Gasteiger charge is 2.29. The second-order valence-corrected chi connectivity index (χ2v) is 8.28. The highest BCUT2D eigenvalue weighted by atomic mass is 16.2. The van der Waals surface area contributed by atoms with Crippen LogP contribution < -0.4 is 10.6 Å². The van der Waals surface area contributed by atoms with Gasteiger partial charge in [-0.1, -0.05) is 72.8 Å². The molecule has 31 heavy (non-hydrogen) atoms. The van der Waals surface area contributed by atoms with Crippen LogP contribution in [0.3, 0.4) is 0 Å². The van der Waals surface area contributed by atoms with Crippen molar-refractivity contribution in [2.24, 2.45) is 0 Å². The van der Waals surface area contributed by atoms with E-state index in [9.17, 15) is 9.59 Å². The Morgan fingerprint density at radius 3 is 2.48 bits per heavy atom. The van der Waals surface area contributed by atoms with Crippen LogP contribution in [0.15, 0.2) is 72.8 Å². The van der Waals surface area contributed by atoms with Crippen molar-refractivity contribution in [2.45, 2.75) is 37.9 Å². The molecule has 5 nitrogen and oxygen atoms in total. The van der Waals surface area contributed by atoms with E-state index in [4.69, 9.17) is 0 Å². The van der Waals surface area contributed by atoms with Gasteiger partial charge in [-0.25, -0.2) is 0 Å². The summed E-state index contributed by atoms with van der Waals surface area (Å²) in [4.78, 5) is 27.9. The van der Waals surface area contributed by atoms with Crippen molar-refractivity contribution in [3.05, 3.63) is 83.9 Å². The van der Waals surface area contributed by atoms with E-state index in [-0.39, 0.29) is 17.9 Å². The average molecular weight is 416 g/mol. The summed E-state index contributed by atoms with van der Waals surface area (Å²) in [5, 5.41) is 8.54. The quantitative estimate of drug-likeness (QED) is 0.623. The lowest BCUT2D eigenvalue weighted by Crippen LogP contribution is -2.52. The molecule has 0 spiro atoms. The van der Waals surface area contributed by atoms with E-state index in [1.807, 2.05) is 48.5 Å². The normalized spacial score (nSPS) is 16.7. The minimum absolute atomic E-state index is 0.0802. The molecule has 1 aliphatic rings. The molecule has 0 radical (unpaired) electrons. The van der Waals surface area contributed by atoms with E-state index in [1.165, 1.54) is 0 Å². The van der Waals surface area contributed by atoms with Gasteiger partial charge in [-0.05, 0) is 41.3 Å². The molecule has 0 bridgehead atoms. The Kier molecular flexibility index (Phi) is 6.63. The van der Waals surface area contributed by atoms with Crippen molar-refractivity contribution in [2.75, 3.05) is 13.6 Å². The molecule has 2 atom stereocenters. The van der Waals surface area contributed by atoms with Gasteiger partial charge in [0.15, 0.2) is 0 Å². The van der Waals surface area contributed by atoms with E-state index in [1.54, 1.807) is 11.9 Å². The Morgan fingerprint density at radius 2 is 1.74 bits per heavy atom. The maximum atomic E-state index is 13.4. The largest absolute Gasteiger partial charge is 0.343 e. The first-order valence-electron chi connectivity index (χ1n) is 10.9. The highest BCUT2D eigenvalue weighted by Crippen LogP contribution is 2.18. The molecule has 2 N–H and O–H groups in total. The van der Waals surface area contributed by atoms with E-state index >= 15 is 0 Å². The van der Waals surface area contributed by atoms with Gasteiger partial charge in [-0.15, -0.1) is 0 Å². The number of carbonyl (C=O) groups is 2. The standard InChI is InChI=1S/C26H29N3O2/c1-29(18-19-8-3-2-4-9-19)26(31)24(28-25(30)23-12-7-15-27-23)17-20-13-14-21-10-5-6-11-22(21)16-20/h2-6,8-11,13-14,16,23-24,27H,7,12,15,17-18H2,1H3,(H,28,30)/t23-,24+/m0/s1. The zero-order chi connectivity index (χ0) is 21.6. The van der Waals surface area contributed by atoms with Gasteiger partial charge in [0.25, 0.3) is 0 Å². The molecular formula is C26H29N3O2. The number of nitrogens with one attached hydrogen (secondary N) is 2. The number of rotatable bonds is 7. The van der Waals surface area contributed by atoms with Gasteiger partial charge < -0.3 is 15.5 Å². The third-order valence-corrected chi connectivity index (χ3v) is 5.88. The predicted molar refractivity (Wildman–Crippen MR) is 124 cm³/mol. The molecule has 1 aliphatic heterocycles. The fourth-order valence-electron chi connectivity index (χ4n) is 4.18. The van der Waals surface area contributed by atoms with Crippen LogP contribution in [0.2, 0.25) is 0 Å². The van der Waals surface area contributed by atoms with Crippen LogP contribution in [0.5, 0.6) is 0 Å². The summed E-state index contributed by atoms with van der Waals surface area (Å²) < 4.78 is 0. The number of fused-ring (bicyclic) bond motifs is 1. The molecule has 1 saturated heterocycles. The molecule has 160 valence electrons. The van der Waals surface area contributed by atoms with Gasteiger partial charge in [0.1, 0.15) is 6.04 Å². The van der Waals surface area contributed by atoms with Crippen LogP contribution in [0.1, 0.15) is 24.0 Å². The molecule has 0 aliphatic carbocycles. The predicted octanol–water partition coefficient (Wildman–Crippen LogP) is 3.28. The first-order chi connectivity index (χ1) is 15.1. The van der Waals surface area contributed by atoms with Gasteiger partial charge in [-0.2, -0.15) is 0 Å². The Bertz CT molecular complexity index is 1040. The topological polar surface area (TPSA) is 61.4 Å². The fourth-order valence-corrected chi connectivity index (χ4v) is 4.18. The molecule has 1 fully saturated rings. The summed E-state index contributed by atoms with van der Waals surface area (Å²) in [6.07, 6.45) is 2.25. The zero-order valence-corrected chi connectivity index (χ0v) is 17.9. The van der Waals surface area contributed by atoms with Crippen LogP contribution in [-0.2, 0) is 22.6 Å². The Balaban J connectivity index is 1.53. The first-order valence-corrected chi connectivity index (χ1v) is 10.9. The first kappa shape index (κ1) is 21.1. The van der Waals surface area contributed by atoms with Crippen molar-refractivity contribution in [1.29, 1.82) is 0 Å². The summed E-state index contributed by atoms with van der Waals surface area (Å²) in [6, 6.07) is 23.5. The van der Waals surface area contributed by atoms with Crippen molar-refractivity contribution in [1.82, 2.24) is 15.5 Å². The lowest BCUT2D eigenvalue weighted by Gasteiger charge is -2.26. The molecule has 0 saturated carbocycles. The number of carbonyl (C=O) groups excluding carboxylic acids is 2. The van der Waals surface area contributed by atoms with E-state index in [0.29, 0.717) is 13.0 Å². The van der Waals surface area contributed by atoms with E-state index < -0.39 is 6.04 Å². The summed E-state index contributed by atoms with van der Waals surface area (Å²) in [6.45, 7) is 1.35. The minimum atomic E-state index is -0.607. The van der Waals surface area contributed by atoms with Crippen molar-refractivity contribution < 1.29 is 9.59 Å². The van der Waals surface area contributed by atoms with Crippen LogP contribution >= 0.6 is 0 Å². The van der Waals surface area contributed by atoms with Crippen molar-refractivity contribution in [3.63, 3.8) is 0 Å². The van der Waals surface area contributed by atoms with Crippen LogP contribution in [0, 0.1) is 0 Å².